The molecule has 1 aliphatic carbocycles. The summed E-state index contributed by atoms with van der Waals surface area (Å²) in [6, 6.07) is 7.60. The number of hydrogen-bond acceptors (Lipinski definition) is 1. The van der Waals surface area contributed by atoms with Gasteiger partial charge in [0.2, 0.25) is 0 Å². The van der Waals surface area contributed by atoms with Crippen LogP contribution in [-0.4, -0.2) is 5.11 Å². The molecule has 1 atom stereocenters. The molecule has 0 bridgehead atoms. The van der Waals surface area contributed by atoms with E-state index >= 15 is 0 Å². The highest BCUT2D eigenvalue weighted by Crippen LogP contribution is 2.42. The van der Waals surface area contributed by atoms with Gasteiger partial charge in [-0.3, -0.25) is 0 Å². The van der Waals surface area contributed by atoms with E-state index in [0.717, 1.165) is 5.92 Å². The number of phenols is 1. The van der Waals surface area contributed by atoms with Crippen molar-refractivity contribution < 1.29 is 5.11 Å². The second kappa shape index (κ2) is 2.81. The molecule has 1 heteroatoms. The molecule has 1 N–H and O–H groups in total. The fraction of sp³-hybridized carbons (Fsp3) is 0.455. The van der Waals surface area contributed by atoms with Crippen LogP contribution in [-0.2, 0) is 0 Å². The van der Waals surface area contributed by atoms with Gasteiger partial charge in [0.15, 0.2) is 0 Å². The second-order valence-corrected chi connectivity index (χ2v) is 3.72. The van der Waals surface area contributed by atoms with Crippen molar-refractivity contribution in [2.45, 2.75) is 25.7 Å². The van der Waals surface area contributed by atoms with Crippen LogP contribution in [0, 0.1) is 5.92 Å². The average molecular weight is 162 g/mol. The molecule has 1 aromatic rings. The molecule has 0 spiro atoms. The third kappa shape index (κ3) is 1.45. The first-order valence-electron chi connectivity index (χ1n) is 4.56. The summed E-state index contributed by atoms with van der Waals surface area (Å²) in [5.41, 5.74) is 1.36. The maximum absolute atomic E-state index is 9.09. The predicted octanol–water partition coefficient (Wildman–Crippen LogP) is 2.91. The van der Waals surface area contributed by atoms with Crippen molar-refractivity contribution in [2.75, 3.05) is 0 Å². The summed E-state index contributed by atoms with van der Waals surface area (Å²) in [6.45, 7) is 2.27. The molecule has 0 aromatic heterocycles. The van der Waals surface area contributed by atoms with Crippen molar-refractivity contribution in [2.24, 2.45) is 5.92 Å². The van der Waals surface area contributed by atoms with Gasteiger partial charge in [-0.05, 0) is 42.4 Å². The Kier molecular flexibility index (Phi) is 1.80. The van der Waals surface area contributed by atoms with Crippen LogP contribution in [0.15, 0.2) is 24.3 Å². The first kappa shape index (κ1) is 7.66. The molecular formula is C11H14O. The first-order chi connectivity index (χ1) is 5.77. The zero-order valence-electron chi connectivity index (χ0n) is 7.33. The molecule has 0 heterocycles. The third-order valence-electron chi connectivity index (χ3n) is 2.75. The number of benzene rings is 1. The maximum Gasteiger partial charge on any atom is 0.115 e. The van der Waals surface area contributed by atoms with Crippen LogP contribution < -0.4 is 0 Å². The summed E-state index contributed by atoms with van der Waals surface area (Å²) in [4.78, 5) is 0. The van der Waals surface area contributed by atoms with E-state index in [1.165, 1.54) is 18.4 Å². The summed E-state index contributed by atoms with van der Waals surface area (Å²) < 4.78 is 0. The molecule has 1 aliphatic rings. The van der Waals surface area contributed by atoms with Crippen LogP contribution in [0.25, 0.3) is 0 Å². The van der Waals surface area contributed by atoms with Crippen molar-refractivity contribution in [3.63, 3.8) is 0 Å². The minimum Gasteiger partial charge on any atom is -0.508 e. The van der Waals surface area contributed by atoms with Crippen molar-refractivity contribution in [3.8, 4) is 5.75 Å². The van der Waals surface area contributed by atoms with Gasteiger partial charge >= 0.3 is 0 Å². The van der Waals surface area contributed by atoms with Crippen molar-refractivity contribution in [1.29, 1.82) is 0 Å². The molecule has 12 heavy (non-hydrogen) atoms. The molecule has 0 aliphatic heterocycles. The molecular weight excluding hydrogens is 148 g/mol. The quantitative estimate of drug-likeness (QED) is 0.709. The van der Waals surface area contributed by atoms with E-state index in [4.69, 9.17) is 5.11 Å². The SMILES string of the molecule is CC(c1ccc(O)cc1)C1CC1. The Labute approximate surface area is 73.0 Å². The predicted molar refractivity (Wildman–Crippen MR) is 49.2 cm³/mol. The monoisotopic (exact) mass is 162 g/mol. The van der Waals surface area contributed by atoms with Crippen LogP contribution >= 0.6 is 0 Å². The highest BCUT2D eigenvalue weighted by atomic mass is 16.3. The lowest BCUT2D eigenvalue weighted by Gasteiger charge is -2.09. The molecule has 1 nitrogen and oxygen atoms in total. The van der Waals surface area contributed by atoms with Gasteiger partial charge in [-0.15, -0.1) is 0 Å². The van der Waals surface area contributed by atoms with Crippen LogP contribution in [0.4, 0.5) is 0 Å². The van der Waals surface area contributed by atoms with Gasteiger partial charge in [0.25, 0.3) is 0 Å². The topological polar surface area (TPSA) is 20.2 Å². The highest BCUT2D eigenvalue weighted by Gasteiger charge is 2.28. The van der Waals surface area contributed by atoms with Crippen molar-refractivity contribution in [3.05, 3.63) is 29.8 Å². The molecule has 1 aromatic carbocycles. The van der Waals surface area contributed by atoms with Crippen LogP contribution in [0.2, 0.25) is 0 Å². The average Bonchev–Trinajstić information content (AvgIpc) is 2.87. The summed E-state index contributed by atoms with van der Waals surface area (Å²) in [5.74, 6) is 1.93. The fourth-order valence-corrected chi connectivity index (χ4v) is 1.65. The fourth-order valence-electron chi connectivity index (χ4n) is 1.65. The Morgan fingerprint density at radius 1 is 1.25 bits per heavy atom. The Bertz CT molecular complexity index is 259. The molecule has 1 unspecified atom stereocenters. The highest BCUT2D eigenvalue weighted by molar-refractivity contribution is 5.28. The minimum atomic E-state index is 0.363. The summed E-state index contributed by atoms with van der Waals surface area (Å²) in [5, 5.41) is 9.09. The Balaban J connectivity index is 2.16. The van der Waals surface area contributed by atoms with Gasteiger partial charge in [-0.1, -0.05) is 19.1 Å². The van der Waals surface area contributed by atoms with Crippen molar-refractivity contribution >= 4 is 0 Å². The number of aromatic hydroxyl groups is 1. The van der Waals surface area contributed by atoms with E-state index in [1.54, 1.807) is 12.1 Å². The van der Waals surface area contributed by atoms with Gasteiger partial charge in [-0.2, -0.15) is 0 Å². The molecule has 1 saturated carbocycles. The first-order valence-corrected chi connectivity index (χ1v) is 4.56. The van der Waals surface area contributed by atoms with Crippen LogP contribution in [0.3, 0.4) is 0 Å². The van der Waals surface area contributed by atoms with Gasteiger partial charge in [0.05, 0.1) is 0 Å². The van der Waals surface area contributed by atoms with E-state index < -0.39 is 0 Å². The summed E-state index contributed by atoms with van der Waals surface area (Å²) in [6.07, 6.45) is 2.75. The number of hydrogen-bond donors (Lipinski definition) is 1. The maximum atomic E-state index is 9.09. The zero-order valence-corrected chi connectivity index (χ0v) is 7.33. The van der Waals surface area contributed by atoms with E-state index in [9.17, 15) is 0 Å². The zero-order chi connectivity index (χ0) is 8.55. The summed E-state index contributed by atoms with van der Waals surface area (Å²) in [7, 11) is 0. The number of rotatable bonds is 2. The van der Waals surface area contributed by atoms with E-state index in [1.807, 2.05) is 12.1 Å². The standard InChI is InChI=1S/C11H14O/c1-8(9-2-3-9)10-4-6-11(12)7-5-10/h4-9,12H,2-3H2,1H3. The molecule has 1 fully saturated rings. The molecule has 0 amide bonds. The van der Waals surface area contributed by atoms with Crippen molar-refractivity contribution in [1.82, 2.24) is 0 Å². The Morgan fingerprint density at radius 3 is 2.33 bits per heavy atom. The normalized spacial score (nSPS) is 19.1. The molecule has 0 saturated heterocycles. The largest absolute Gasteiger partial charge is 0.508 e. The Morgan fingerprint density at radius 2 is 1.83 bits per heavy atom. The van der Waals surface area contributed by atoms with E-state index in [2.05, 4.69) is 6.92 Å². The van der Waals surface area contributed by atoms with Crippen LogP contribution in [0.1, 0.15) is 31.2 Å². The third-order valence-corrected chi connectivity index (χ3v) is 2.75. The minimum absolute atomic E-state index is 0.363. The lowest BCUT2D eigenvalue weighted by molar-refractivity contribution is 0.474. The molecule has 64 valence electrons. The molecule has 2 rings (SSSR count). The van der Waals surface area contributed by atoms with Gasteiger partial charge < -0.3 is 5.11 Å². The van der Waals surface area contributed by atoms with E-state index in [-0.39, 0.29) is 0 Å². The molecule has 0 radical (unpaired) electrons. The van der Waals surface area contributed by atoms with Gasteiger partial charge in [0, 0.05) is 0 Å². The Hall–Kier alpha value is -0.980. The summed E-state index contributed by atoms with van der Waals surface area (Å²) >= 11 is 0. The lowest BCUT2D eigenvalue weighted by atomic mass is 9.96. The van der Waals surface area contributed by atoms with Gasteiger partial charge in [0.1, 0.15) is 5.75 Å². The van der Waals surface area contributed by atoms with E-state index in [0.29, 0.717) is 11.7 Å². The number of phenolic OH excluding ortho intramolecular Hbond substituents is 1. The van der Waals surface area contributed by atoms with Crippen LogP contribution in [0.5, 0.6) is 5.75 Å². The smallest absolute Gasteiger partial charge is 0.115 e. The lowest BCUT2D eigenvalue weighted by Crippen LogP contribution is -1.94. The second-order valence-electron chi connectivity index (χ2n) is 3.72. The van der Waals surface area contributed by atoms with Gasteiger partial charge in [-0.25, -0.2) is 0 Å².